The van der Waals surface area contributed by atoms with Gasteiger partial charge in [0.1, 0.15) is 0 Å². The first-order valence-corrected chi connectivity index (χ1v) is 4.50. The molecule has 1 atom stereocenters. The van der Waals surface area contributed by atoms with Crippen molar-refractivity contribution < 1.29 is 9.90 Å². The van der Waals surface area contributed by atoms with E-state index in [0.717, 1.165) is 19.3 Å². The number of carbonyl (C=O) groups is 1. The SMILES string of the molecule is CCCCCC(C)(CN)C(=O)O. The lowest BCUT2D eigenvalue weighted by molar-refractivity contribution is -0.147. The fourth-order valence-corrected chi connectivity index (χ4v) is 1.06. The van der Waals surface area contributed by atoms with E-state index < -0.39 is 11.4 Å². The molecule has 0 heterocycles. The van der Waals surface area contributed by atoms with Crippen LogP contribution < -0.4 is 5.73 Å². The summed E-state index contributed by atoms with van der Waals surface area (Å²) in [5.41, 5.74) is 4.70. The van der Waals surface area contributed by atoms with E-state index in [4.69, 9.17) is 10.8 Å². The van der Waals surface area contributed by atoms with Gasteiger partial charge in [-0.05, 0) is 13.3 Å². The van der Waals surface area contributed by atoms with Crippen LogP contribution in [0.2, 0.25) is 0 Å². The molecule has 0 fully saturated rings. The first-order chi connectivity index (χ1) is 5.56. The summed E-state index contributed by atoms with van der Waals surface area (Å²) in [6, 6.07) is 0. The second-order valence-corrected chi connectivity index (χ2v) is 3.53. The Labute approximate surface area is 74.0 Å². The van der Waals surface area contributed by atoms with E-state index in [1.807, 2.05) is 0 Å². The maximum absolute atomic E-state index is 10.8. The summed E-state index contributed by atoms with van der Waals surface area (Å²) in [6.45, 7) is 4.04. The van der Waals surface area contributed by atoms with Gasteiger partial charge in [-0.15, -0.1) is 0 Å². The van der Waals surface area contributed by atoms with Gasteiger partial charge in [0.2, 0.25) is 0 Å². The van der Waals surface area contributed by atoms with E-state index in [9.17, 15) is 4.79 Å². The van der Waals surface area contributed by atoms with Gasteiger partial charge in [-0.3, -0.25) is 4.79 Å². The zero-order chi connectivity index (χ0) is 9.61. The van der Waals surface area contributed by atoms with Gasteiger partial charge in [-0.2, -0.15) is 0 Å². The Morgan fingerprint density at radius 1 is 1.50 bits per heavy atom. The largest absolute Gasteiger partial charge is 0.481 e. The fraction of sp³-hybridized carbons (Fsp3) is 0.889. The number of unbranched alkanes of at least 4 members (excludes halogenated alkanes) is 2. The molecular formula is C9H19NO2. The smallest absolute Gasteiger partial charge is 0.310 e. The van der Waals surface area contributed by atoms with Gasteiger partial charge >= 0.3 is 5.97 Å². The van der Waals surface area contributed by atoms with Gasteiger partial charge in [0.25, 0.3) is 0 Å². The van der Waals surface area contributed by atoms with Crippen molar-refractivity contribution in [3.05, 3.63) is 0 Å². The third-order valence-corrected chi connectivity index (χ3v) is 2.30. The molecule has 0 aliphatic carbocycles. The monoisotopic (exact) mass is 173 g/mol. The van der Waals surface area contributed by atoms with Crippen LogP contribution in [0.15, 0.2) is 0 Å². The molecule has 3 nitrogen and oxygen atoms in total. The van der Waals surface area contributed by atoms with E-state index in [0.29, 0.717) is 6.42 Å². The van der Waals surface area contributed by atoms with Gasteiger partial charge in [-0.1, -0.05) is 26.2 Å². The molecule has 0 aromatic rings. The number of hydrogen-bond acceptors (Lipinski definition) is 2. The van der Waals surface area contributed by atoms with Crippen molar-refractivity contribution >= 4 is 5.97 Å². The van der Waals surface area contributed by atoms with Crippen LogP contribution in [0.25, 0.3) is 0 Å². The van der Waals surface area contributed by atoms with Gasteiger partial charge in [0, 0.05) is 6.54 Å². The van der Waals surface area contributed by atoms with Crippen LogP contribution in [0.1, 0.15) is 39.5 Å². The molecule has 1 unspecified atom stereocenters. The van der Waals surface area contributed by atoms with E-state index >= 15 is 0 Å². The maximum atomic E-state index is 10.8. The van der Waals surface area contributed by atoms with Crippen LogP contribution in [-0.4, -0.2) is 17.6 Å². The minimum atomic E-state index is -0.777. The minimum absolute atomic E-state index is 0.228. The van der Waals surface area contributed by atoms with Crippen molar-refractivity contribution in [3.8, 4) is 0 Å². The number of hydrogen-bond donors (Lipinski definition) is 2. The first-order valence-electron chi connectivity index (χ1n) is 4.50. The van der Waals surface area contributed by atoms with Crippen molar-refractivity contribution in [2.45, 2.75) is 39.5 Å². The van der Waals surface area contributed by atoms with E-state index in [1.165, 1.54) is 0 Å². The molecule has 0 bridgehead atoms. The lowest BCUT2D eigenvalue weighted by atomic mass is 9.85. The van der Waals surface area contributed by atoms with Gasteiger partial charge in [0.05, 0.1) is 5.41 Å². The van der Waals surface area contributed by atoms with Crippen LogP contribution in [-0.2, 0) is 4.79 Å². The van der Waals surface area contributed by atoms with Gasteiger partial charge < -0.3 is 10.8 Å². The van der Waals surface area contributed by atoms with Crippen molar-refractivity contribution in [3.63, 3.8) is 0 Å². The summed E-state index contributed by atoms with van der Waals surface area (Å²) in [5, 5.41) is 8.85. The Hall–Kier alpha value is -0.570. The standard InChI is InChI=1S/C9H19NO2/c1-3-4-5-6-9(2,7-10)8(11)12/h3-7,10H2,1-2H3,(H,11,12). The number of carboxylic acid groups (broad SMARTS) is 1. The zero-order valence-corrected chi connectivity index (χ0v) is 7.97. The number of rotatable bonds is 6. The Morgan fingerprint density at radius 2 is 2.08 bits per heavy atom. The lowest BCUT2D eigenvalue weighted by Crippen LogP contribution is -2.35. The molecule has 0 aromatic carbocycles. The number of aliphatic carboxylic acids is 1. The van der Waals surface area contributed by atoms with E-state index in [2.05, 4.69) is 6.92 Å². The van der Waals surface area contributed by atoms with Crippen molar-refractivity contribution in [1.29, 1.82) is 0 Å². The normalized spacial score (nSPS) is 15.6. The van der Waals surface area contributed by atoms with Crippen LogP contribution in [0.5, 0.6) is 0 Å². The Morgan fingerprint density at radius 3 is 2.42 bits per heavy atom. The fourth-order valence-electron chi connectivity index (χ4n) is 1.06. The third kappa shape index (κ3) is 3.22. The Kier molecular flexibility index (Phi) is 4.90. The molecule has 3 heteroatoms. The molecule has 0 radical (unpaired) electrons. The predicted molar refractivity (Wildman–Crippen MR) is 48.9 cm³/mol. The highest BCUT2D eigenvalue weighted by molar-refractivity contribution is 5.74. The molecule has 3 N–H and O–H groups in total. The Balaban J connectivity index is 3.88. The number of carboxylic acids is 1. The Bertz CT molecular complexity index is 147. The topological polar surface area (TPSA) is 63.3 Å². The average Bonchev–Trinajstić information content (AvgIpc) is 2.04. The molecule has 0 aliphatic heterocycles. The highest BCUT2D eigenvalue weighted by atomic mass is 16.4. The van der Waals surface area contributed by atoms with Crippen LogP contribution in [0, 0.1) is 5.41 Å². The predicted octanol–water partition coefficient (Wildman–Crippen LogP) is 1.62. The number of nitrogens with two attached hydrogens (primary N) is 1. The molecule has 0 amide bonds. The molecule has 0 spiro atoms. The summed E-state index contributed by atoms with van der Waals surface area (Å²) in [4.78, 5) is 10.8. The van der Waals surface area contributed by atoms with Crippen LogP contribution >= 0.6 is 0 Å². The molecule has 12 heavy (non-hydrogen) atoms. The van der Waals surface area contributed by atoms with Crippen LogP contribution in [0.3, 0.4) is 0 Å². The first kappa shape index (κ1) is 11.4. The van der Waals surface area contributed by atoms with Gasteiger partial charge in [-0.25, -0.2) is 0 Å². The van der Waals surface area contributed by atoms with Crippen molar-refractivity contribution in [2.24, 2.45) is 11.1 Å². The molecule has 0 rings (SSSR count). The molecule has 0 saturated carbocycles. The molecule has 72 valence electrons. The second kappa shape index (κ2) is 5.14. The second-order valence-electron chi connectivity index (χ2n) is 3.53. The highest BCUT2D eigenvalue weighted by Gasteiger charge is 2.30. The summed E-state index contributed by atoms with van der Waals surface area (Å²) >= 11 is 0. The quantitative estimate of drug-likeness (QED) is 0.600. The average molecular weight is 173 g/mol. The maximum Gasteiger partial charge on any atom is 0.310 e. The summed E-state index contributed by atoms with van der Waals surface area (Å²) in [6.07, 6.45) is 3.84. The molecule has 0 saturated heterocycles. The van der Waals surface area contributed by atoms with Gasteiger partial charge in [0.15, 0.2) is 0 Å². The van der Waals surface area contributed by atoms with Crippen molar-refractivity contribution in [2.75, 3.05) is 6.54 Å². The van der Waals surface area contributed by atoms with Crippen molar-refractivity contribution in [1.82, 2.24) is 0 Å². The van der Waals surface area contributed by atoms with E-state index in [1.54, 1.807) is 6.92 Å². The zero-order valence-electron chi connectivity index (χ0n) is 7.97. The summed E-state index contributed by atoms with van der Waals surface area (Å²) in [5.74, 6) is -0.777. The molecule has 0 aliphatic rings. The minimum Gasteiger partial charge on any atom is -0.481 e. The molecule has 0 aromatic heterocycles. The lowest BCUT2D eigenvalue weighted by Gasteiger charge is -2.22. The summed E-state index contributed by atoms with van der Waals surface area (Å²) < 4.78 is 0. The summed E-state index contributed by atoms with van der Waals surface area (Å²) in [7, 11) is 0. The van der Waals surface area contributed by atoms with Crippen LogP contribution in [0.4, 0.5) is 0 Å². The third-order valence-electron chi connectivity index (χ3n) is 2.30. The molecular weight excluding hydrogens is 154 g/mol. The van der Waals surface area contributed by atoms with E-state index in [-0.39, 0.29) is 6.54 Å². The highest BCUT2D eigenvalue weighted by Crippen LogP contribution is 2.23.